The van der Waals surface area contributed by atoms with Gasteiger partial charge in [-0.1, -0.05) is 109 Å². The van der Waals surface area contributed by atoms with Gasteiger partial charge in [-0.05, 0) is 21.9 Å². The quantitative estimate of drug-likeness (QED) is 0.301. The molecule has 0 spiro atoms. The highest BCUT2D eigenvalue weighted by atomic mass is 35.5. The van der Waals surface area contributed by atoms with Gasteiger partial charge in [-0.3, -0.25) is 0 Å². The Hall–Kier alpha value is -3.49. The Labute approximate surface area is 174 Å². The molecule has 0 saturated carbocycles. The molecule has 0 atom stereocenters. The van der Waals surface area contributed by atoms with Crippen molar-refractivity contribution in [3.05, 3.63) is 108 Å². The SMILES string of the molecule is Clc1cc(-c2ccc(-c3ccccc3)c3ccccc23)nc(-c2ccccc2)n1. The van der Waals surface area contributed by atoms with Crippen LogP contribution < -0.4 is 0 Å². The first kappa shape index (κ1) is 17.6. The molecule has 0 fully saturated rings. The van der Waals surface area contributed by atoms with Crippen LogP contribution in [0.25, 0.3) is 44.5 Å². The van der Waals surface area contributed by atoms with Crippen molar-refractivity contribution in [2.75, 3.05) is 0 Å². The van der Waals surface area contributed by atoms with Gasteiger partial charge in [0.05, 0.1) is 5.69 Å². The van der Waals surface area contributed by atoms with E-state index in [4.69, 9.17) is 16.6 Å². The monoisotopic (exact) mass is 392 g/mol. The van der Waals surface area contributed by atoms with E-state index >= 15 is 0 Å². The molecular weight excluding hydrogens is 376 g/mol. The van der Waals surface area contributed by atoms with E-state index in [0.29, 0.717) is 11.0 Å². The van der Waals surface area contributed by atoms with Crippen LogP contribution >= 0.6 is 11.6 Å². The van der Waals surface area contributed by atoms with Crippen LogP contribution in [0.5, 0.6) is 0 Å². The average molecular weight is 393 g/mol. The molecule has 0 amide bonds. The zero-order valence-corrected chi connectivity index (χ0v) is 16.3. The third kappa shape index (κ3) is 3.39. The molecule has 0 N–H and O–H groups in total. The highest BCUT2D eigenvalue weighted by Crippen LogP contribution is 2.36. The van der Waals surface area contributed by atoms with E-state index in [2.05, 4.69) is 65.6 Å². The molecule has 138 valence electrons. The maximum absolute atomic E-state index is 6.38. The molecule has 5 aromatic rings. The van der Waals surface area contributed by atoms with Crippen LogP contribution in [-0.4, -0.2) is 9.97 Å². The van der Waals surface area contributed by atoms with Gasteiger partial charge < -0.3 is 0 Å². The van der Waals surface area contributed by atoms with Gasteiger partial charge >= 0.3 is 0 Å². The van der Waals surface area contributed by atoms with Crippen LogP contribution in [0.1, 0.15) is 0 Å². The van der Waals surface area contributed by atoms with Gasteiger partial charge in [0.25, 0.3) is 0 Å². The Bertz CT molecular complexity index is 1300. The van der Waals surface area contributed by atoms with Gasteiger partial charge in [0.2, 0.25) is 0 Å². The Kier molecular flexibility index (Phi) is 4.55. The second kappa shape index (κ2) is 7.50. The second-order valence-electron chi connectivity index (χ2n) is 6.84. The number of benzene rings is 4. The lowest BCUT2D eigenvalue weighted by molar-refractivity contribution is 1.18. The maximum Gasteiger partial charge on any atom is 0.161 e. The molecule has 5 rings (SSSR count). The van der Waals surface area contributed by atoms with Crippen molar-refractivity contribution < 1.29 is 0 Å². The van der Waals surface area contributed by atoms with E-state index in [1.807, 2.05) is 42.5 Å². The van der Waals surface area contributed by atoms with E-state index in [0.717, 1.165) is 22.2 Å². The van der Waals surface area contributed by atoms with Gasteiger partial charge in [0.1, 0.15) is 5.15 Å². The van der Waals surface area contributed by atoms with Crippen molar-refractivity contribution >= 4 is 22.4 Å². The number of nitrogens with zero attached hydrogens (tertiary/aromatic N) is 2. The lowest BCUT2D eigenvalue weighted by Crippen LogP contribution is -1.94. The van der Waals surface area contributed by atoms with Crippen molar-refractivity contribution in [2.24, 2.45) is 0 Å². The van der Waals surface area contributed by atoms with E-state index < -0.39 is 0 Å². The second-order valence-corrected chi connectivity index (χ2v) is 7.23. The minimum Gasteiger partial charge on any atom is -0.228 e. The molecule has 0 aliphatic carbocycles. The van der Waals surface area contributed by atoms with E-state index in [1.54, 1.807) is 0 Å². The summed E-state index contributed by atoms with van der Waals surface area (Å²) in [5.41, 5.74) is 5.21. The predicted molar refractivity (Wildman–Crippen MR) is 121 cm³/mol. The topological polar surface area (TPSA) is 25.8 Å². The Balaban J connectivity index is 1.72. The van der Waals surface area contributed by atoms with Gasteiger partial charge in [-0.2, -0.15) is 0 Å². The molecule has 0 bridgehead atoms. The Morgan fingerprint density at radius 2 is 1.07 bits per heavy atom. The Morgan fingerprint density at radius 1 is 0.517 bits per heavy atom. The first-order chi connectivity index (χ1) is 14.3. The molecular formula is C26H17ClN2. The highest BCUT2D eigenvalue weighted by molar-refractivity contribution is 6.29. The van der Waals surface area contributed by atoms with Crippen LogP contribution in [0.15, 0.2) is 103 Å². The van der Waals surface area contributed by atoms with Crippen LogP contribution in [0, 0.1) is 0 Å². The van der Waals surface area contributed by atoms with Gasteiger partial charge in [0.15, 0.2) is 5.82 Å². The fraction of sp³-hybridized carbons (Fsp3) is 0. The number of hydrogen-bond acceptors (Lipinski definition) is 2. The summed E-state index contributed by atoms with van der Waals surface area (Å²) in [6.07, 6.45) is 0. The summed E-state index contributed by atoms with van der Waals surface area (Å²) < 4.78 is 0. The average Bonchev–Trinajstić information content (AvgIpc) is 2.79. The lowest BCUT2D eigenvalue weighted by atomic mass is 9.94. The van der Waals surface area contributed by atoms with Crippen LogP contribution in [-0.2, 0) is 0 Å². The first-order valence-electron chi connectivity index (χ1n) is 9.47. The standard InChI is InChI=1S/C26H17ClN2/c27-25-17-24(28-26(29-25)19-11-5-2-6-12-19)23-16-15-20(18-9-3-1-4-10-18)21-13-7-8-14-22(21)23/h1-17H. The summed E-state index contributed by atoms with van der Waals surface area (Å²) in [5.74, 6) is 0.629. The number of fused-ring (bicyclic) bond motifs is 1. The summed E-state index contributed by atoms with van der Waals surface area (Å²) >= 11 is 6.38. The van der Waals surface area contributed by atoms with E-state index in [9.17, 15) is 0 Å². The van der Waals surface area contributed by atoms with Crippen molar-refractivity contribution in [3.63, 3.8) is 0 Å². The molecule has 1 heterocycles. The predicted octanol–water partition coefficient (Wildman–Crippen LogP) is 7.28. The molecule has 0 unspecified atom stereocenters. The zero-order valence-electron chi connectivity index (χ0n) is 15.6. The van der Waals surface area contributed by atoms with Crippen molar-refractivity contribution in [2.45, 2.75) is 0 Å². The molecule has 4 aromatic carbocycles. The lowest BCUT2D eigenvalue weighted by Gasteiger charge is -2.12. The number of aromatic nitrogens is 2. The van der Waals surface area contributed by atoms with Crippen LogP contribution in [0.3, 0.4) is 0 Å². The summed E-state index contributed by atoms with van der Waals surface area (Å²) in [7, 11) is 0. The molecule has 3 heteroatoms. The largest absolute Gasteiger partial charge is 0.228 e. The number of rotatable bonds is 3. The molecule has 1 aromatic heterocycles. The summed E-state index contributed by atoms with van der Waals surface area (Å²) in [4.78, 5) is 9.26. The van der Waals surface area contributed by atoms with Crippen LogP contribution in [0.4, 0.5) is 0 Å². The van der Waals surface area contributed by atoms with E-state index in [1.165, 1.54) is 16.5 Å². The third-order valence-corrected chi connectivity index (χ3v) is 5.21. The normalized spacial score (nSPS) is 10.9. The first-order valence-corrected chi connectivity index (χ1v) is 9.85. The zero-order chi connectivity index (χ0) is 19.6. The molecule has 0 radical (unpaired) electrons. The third-order valence-electron chi connectivity index (χ3n) is 5.01. The summed E-state index contributed by atoms with van der Waals surface area (Å²) in [6, 6.07) is 34.9. The Morgan fingerprint density at radius 3 is 1.76 bits per heavy atom. The molecule has 0 aliphatic heterocycles. The minimum absolute atomic E-state index is 0.435. The summed E-state index contributed by atoms with van der Waals surface area (Å²) in [5, 5.41) is 2.76. The van der Waals surface area contributed by atoms with Crippen molar-refractivity contribution in [3.8, 4) is 33.8 Å². The smallest absolute Gasteiger partial charge is 0.161 e. The number of halogens is 1. The van der Waals surface area contributed by atoms with Gasteiger partial charge in [-0.25, -0.2) is 9.97 Å². The molecule has 0 saturated heterocycles. The minimum atomic E-state index is 0.435. The van der Waals surface area contributed by atoms with Gasteiger partial charge in [-0.15, -0.1) is 0 Å². The highest BCUT2D eigenvalue weighted by Gasteiger charge is 2.13. The summed E-state index contributed by atoms with van der Waals surface area (Å²) in [6.45, 7) is 0. The van der Waals surface area contributed by atoms with E-state index in [-0.39, 0.29) is 0 Å². The fourth-order valence-corrected chi connectivity index (χ4v) is 3.85. The van der Waals surface area contributed by atoms with Gasteiger partial charge in [0, 0.05) is 17.2 Å². The maximum atomic E-state index is 6.38. The molecule has 2 nitrogen and oxygen atoms in total. The molecule has 0 aliphatic rings. The van der Waals surface area contributed by atoms with Crippen molar-refractivity contribution in [1.29, 1.82) is 0 Å². The van der Waals surface area contributed by atoms with Crippen molar-refractivity contribution in [1.82, 2.24) is 9.97 Å². The fourth-order valence-electron chi connectivity index (χ4n) is 3.66. The molecule has 29 heavy (non-hydrogen) atoms. The van der Waals surface area contributed by atoms with Crippen LogP contribution in [0.2, 0.25) is 5.15 Å². The number of hydrogen-bond donors (Lipinski definition) is 0.